The first-order valence-corrected chi connectivity index (χ1v) is 13.5. The van der Waals surface area contributed by atoms with E-state index in [1.54, 1.807) is 6.07 Å². The van der Waals surface area contributed by atoms with Gasteiger partial charge in [0.25, 0.3) is 5.91 Å². The summed E-state index contributed by atoms with van der Waals surface area (Å²) in [5.74, 6) is 0.436. The van der Waals surface area contributed by atoms with Gasteiger partial charge in [-0.15, -0.1) is 11.3 Å². The number of thiophene rings is 1. The van der Waals surface area contributed by atoms with E-state index in [1.165, 1.54) is 28.0 Å². The quantitative estimate of drug-likeness (QED) is 0.349. The maximum atomic E-state index is 12.4. The largest absolute Gasteiger partial charge is 0.485 e. The molecule has 0 bridgehead atoms. The molecule has 3 rings (SSSR count). The van der Waals surface area contributed by atoms with Crippen LogP contribution in [-0.2, 0) is 4.79 Å². The first-order valence-electron chi connectivity index (χ1n) is 12.7. The van der Waals surface area contributed by atoms with Gasteiger partial charge in [-0.05, 0) is 72.1 Å². The van der Waals surface area contributed by atoms with Crippen LogP contribution >= 0.6 is 11.3 Å². The Labute approximate surface area is 219 Å². The molecule has 0 spiro atoms. The normalized spacial score (nSPS) is 16.5. The summed E-state index contributed by atoms with van der Waals surface area (Å²) in [4.78, 5) is 24.7. The summed E-state index contributed by atoms with van der Waals surface area (Å²) < 4.78 is 6.47. The predicted molar refractivity (Wildman–Crippen MR) is 147 cm³/mol. The smallest absolute Gasteiger partial charge is 0.305 e. The van der Waals surface area contributed by atoms with Crippen LogP contribution in [0.2, 0.25) is 0 Å². The summed E-state index contributed by atoms with van der Waals surface area (Å²) in [7, 11) is 0. The number of aryl methyl sites for hydroxylation is 1. The van der Waals surface area contributed by atoms with E-state index in [4.69, 9.17) is 9.84 Å². The molecule has 2 atom stereocenters. The molecule has 1 aromatic carbocycles. The van der Waals surface area contributed by atoms with Gasteiger partial charge in [0, 0.05) is 17.3 Å². The van der Waals surface area contributed by atoms with Gasteiger partial charge >= 0.3 is 5.97 Å². The number of carbonyl (C=O) groups excluding carboxylic acids is 1. The minimum atomic E-state index is -0.931. The number of carboxylic acids is 1. The maximum absolute atomic E-state index is 12.4. The van der Waals surface area contributed by atoms with Crippen molar-refractivity contribution < 1.29 is 19.4 Å². The van der Waals surface area contributed by atoms with Gasteiger partial charge in [-0.2, -0.15) is 0 Å². The fourth-order valence-electron chi connectivity index (χ4n) is 4.38. The lowest BCUT2D eigenvalue weighted by molar-refractivity contribution is -0.136. The van der Waals surface area contributed by atoms with Crippen LogP contribution in [0, 0.1) is 18.3 Å². The Morgan fingerprint density at radius 2 is 1.94 bits per heavy atom. The number of carboxylic acid groups (broad SMARTS) is 1. The number of aliphatic carboxylic acids is 1. The average Bonchev–Trinajstić information content (AvgIpc) is 3.28. The zero-order valence-corrected chi connectivity index (χ0v) is 23.1. The fourth-order valence-corrected chi connectivity index (χ4v) is 5.34. The standard InChI is InChI=1S/C30H39NO4S/c1-19(2)17-25(26-13-14-27(36-26)29(34)31-16-15-28(32)33)35-23-11-12-24(20(3)18-23)21-7-9-22(10-8-21)30(4,5)6/h7,9-14,18-19,21,25H,8,15-17H2,1-6H3,(H,31,34)(H,32,33). The van der Waals surface area contributed by atoms with Gasteiger partial charge in [-0.3, -0.25) is 9.59 Å². The van der Waals surface area contributed by atoms with E-state index in [0.717, 1.165) is 23.5 Å². The highest BCUT2D eigenvalue weighted by Gasteiger charge is 2.22. The molecule has 1 amide bonds. The lowest BCUT2D eigenvalue weighted by Gasteiger charge is -2.26. The molecule has 2 aromatic rings. The van der Waals surface area contributed by atoms with Gasteiger partial charge in [-0.1, -0.05) is 58.9 Å². The number of allylic oxidation sites excluding steroid dienone is 4. The van der Waals surface area contributed by atoms with Crippen LogP contribution < -0.4 is 10.1 Å². The minimum Gasteiger partial charge on any atom is -0.485 e. The first kappa shape index (κ1) is 27.7. The van der Waals surface area contributed by atoms with Crippen LogP contribution in [-0.4, -0.2) is 23.5 Å². The van der Waals surface area contributed by atoms with Crippen LogP contribution in [0.4, 0.5) is 0 Å². The number of ether oxygens (including phenoxy) is 1. The Morgan fingerprint density at radius 1 is 1.19 bits per heavy atom. The highest BCUT2D eigenvalue weighted by atomic mass is 32.1. The van der Waals surface area contributed by atoms with Crippen molar-refractivity contribution in [2.45, 2.75) is 72.8 Å². The SMILES string of the molecule is Cc1cc(OC(CC(C)C)c2ccc(C(=O)NCCC(=O)O)s2)ccc1C1C=CC(C(C)(C)C)=CC1. The molecule has 1 heterocycles. The third-order valence-corrected chi connectivity index (χ3v) is 7.54. The molecular formula is C30H39NO4S. The summed E-state index contributed by atoms with van der Waals surface area (Å²) in [5, 5.41) is 11.4. The zero-order valence-electron chi connectivity index (χ0n) is 22.3. The summed E-state index contributed by atoms with van der Waals surface area (Å²) in [6.07, 6.45) is 8.53. The Morgan fingerprint density at radius 3 is 2.53 bits per heavy atom. The number of benzene rings is 1. The second-order valence-corrected chi connectivity index (χ2v) is 12.1. The van der Waals surface area contributed by atoms with Gasteiger partial charge in [0.05, 0.1) is 11.3 Å². The highest BCUT2D eigenvalue weighted by Crippen LogP contribution is 2.37. The van der Waals surface area contributed by atoms with Crippen LogP contribution in [0.5, 0.6) is 5.75 Å². The molecule has 0 aliphatic heterocycles. The Bertz CT molecular complexity index is 1140. The highest BCUT2D eigenvalue weighted by molar-refractivity contribution is 7.14. The zero-order chi connectivity index (χ0) is 26.5. The summed E-state index contributed by atoms with van der Waals surface area (Å²) in [6.45, 7) is 13.3. The van der Waals surface area contributed by atoms with Crippen LogP contribution in [0.3, 0.4) is 0 Å². The molecule has 1 aromatic heterocycles. The van der Waals surface area contributed by atoms with Crippen molar-refractivity contribution in [3.05, 3.63) is 75.0 Å². The molecular weight excluding hydrogens is 470 g/mol. The molecule has 0 saturated heterocycles. The lowest BCUT2D eigenvalue weighted by atomic mass is 9.79. The number of amides is 1. The van der Waals surface area contributed by atoms with Crippen LogP contribution in [0.1, 0.15) is 91.6 Å². The minimum absolute atomic E-state index is 0.0942. The maximum Gasteiger partial charge on any atom is 0.305 e. The lowest BCUT2D eigenvalue weighted by Crippen LogP contribution is -2.25. The Hall–Kier alpha value is -2.86. The Balaban J connectivity index is 1.71. The summed E-state index contributed by atoms with van der Waals surface area (Å²) >= 11 is 1.40. The topological polar surface area (TPSA) is 75.6 Å². The molecule has 1 aliphatic rings. The van der Waals surface area contributed by atoms with Crippen molar-refractivity contribution in [2.75, 3.05) is 6.54 Å². The molecule has 0 fully saturated rings. The van der Waals surface area contributed by atoms with Gasteiger partial charge in [0.2, 0.25) is 0 Å². The molecule has 1 aliphatic carbocycles. The third kappa shape index (κ3) is 7.57. The van der Waals surface area contributed by atoms with E-state index in [9.17, 15) is 9.59 Å². The number of hydrogen-bond acceptors (Lipinski definition) is 4. The van der Waals surface area contributed by atoms with Gasteiger partial charge in [0.1, 0.15) is 11.9 Å². The summed E-state index contributed by atoms with van der Waals surface area (Å²) in [6, 6.07) is 10.1. The number of rotatable bonds is 10. The summed E-state index contributed by atoms with van der Waals surface area (Å²) in [5.41, 5.74) is 4.08. The second-order valence-electron chi connectivity index (χ2n) is 11.0. The van der Waals surface area contributed by atoms with E-state index in [-0.39, 0.29) is 30.4 Å². The number of carbonyl (C=O) groups is 2. The van der Waals surface area contributed by atoms with E-state index in [1.807, 2.05) is 6.07 Å². The van der Waals surface area contributed by atoms with Crippen molar-refractivity contribution >= 4 is 23.2 Å². The van der Waals surface area contributed by atoms with E-state index < -0.39 is 5.97 Å². The molecule has 2 N–H and O–H groups in total. The van der Waals surface area contributed by atoms with Crippen molar-refractivity contribution in [1.29, 1.82) is 0 Å². The van der Waals surface area contributed by atoms with Crippen LogP contribution in [0.15, 0.2) is 54.1 Å². The second kappa shape index (κ2) is 11.9. The predicted octanol–water partition coefficient (Wildman–Crippen LogP) is 7.44. The monoisotopic (exact) mass is 509 g/mol. The molecule has 194 valence electrons. The van der Waals surface area contributed by atoms with Crippen molar-refractivity contribution in [2.24, 2.45) is 11.3 Å². The third-order valence-electron chi connectivity index (χ3n) is 6.36. The molecule has 5 nitrogen and oxygen atoms in total. The average molecular weight is 510 g/mol. The van der Waals surface area contributed by atoms with Crippen molar-refractivity contribution in [3.8, 4) is 5.75 Å². The van der Waals surface area contributed by atoms with Crippen molar-refractivity contribution in [3.63, 3.8) is 0 Å². The number of nitrogens with one attached hydrogen (secondary N) is 1. The van der Waals surface area contributed by atoms with Crippen molar-refractivity contribution in [1.82, 2.24) is 5.32 Å². The molecule has 0 saturated carbocycles. The van der Waals surface area contributed by atoms with Gasteiger partial charge in [-0.25, -0.2) is 0 Å². The van der Waals surface area contributed by atoms with Crippen LogP contribution in [0.25, 0.3) is 0 Å². The van der Waals surface area contributed by atoms with E-state index in [2.05, 4.69) is 83.3 Å². The van der Waals surface area contributed by atoms with E-state index in [0.29, 0.717) is 16.7 Å². The van der Waals surface area contributed by atoms with E-state index >= 15 is 0 Å². The molecule has 36 heavy (non-hydrogen) atoms. The Kier molecular flexibility index (Phi) is 9.18. The molecule has 0 radical (unpaired) electrons. The fraction of sp³-hybridized carbons (Fsp3) is 0.467. The first-order chi connectivity index (χ1) is 16.9. The number of hydrogen-bond donors (Lipinski definition) is 2. The van der Waals surface area contributed by atoms with Gasteiger partial charge in [0.15, 0.2) is 0 Å². The molecule has 6 heteroatoms. The molecule has 2 unspecified atom stereocenters. The van der Waals surface area contributed by atoms with Gasteiger partial charge < -0.3 is 15.2 Å².